The van der Waals surface area contributed by atoms with E-state index < -0.39 is 5.97 Å². The molecule has 0 bridgehead atoms. The number of rotatable bonds is 3. The number of nitrogens with two attached hydrogens (primary N) is 1. The Balaban J connectivity index is 2.14. The summed E-state index contributed by atoms with van der Waals surface area (Å²) in [4.78, 5) is 10.8. The molecule has 1 aliphatic rings. The topological polar surface area (TPSA) is 72.5 Å². The molecule has 4 nitrogen and oxygen atoms in total. The van der Waals surface area contributed by atoms with Gasteiger partial charge >= 0.3 is 5.97 Å². The lowest BCUT2D eigenvalue weighted by Crippen LogP contribution is -2.19. The van der Waals surface area contributed by atoms with E-state index in [2.05, 4.69) is 0 Å². The van der Waals surface area contributed by atoms with Gasteiger partial charge in [-0.1, -0.05) is 18.9 Å². The largest absolute Gasteiger partial charge is 0.504 e. The van der Waals surface area contributed by atoms with Crippen LogP contribution in [0.15, 0.2) is 18.2 Å². The highest BCUT2D eigenvalue weighted by Gasteiger charge is 2.23. The van der Waals surface area contributed by atoms with Crippen molar-refractivity contribution in [3.63, 3.8) is 0 Å². The fourth-order valence-corrected chi connectivity index (χ4v) is 2.57. The molecule has 98 valence electrons. The number of carbonyl (C=O) groups excluding carboxylic acids is 1. The molecule has 0 aliphatic heterocycles. The van der Waals surface area contributed by atoms with Crippen molar-refractivity contribution in [2.45, 2.75) is 38.6 Å². The van der Waals surface area contributed by atoms with E-state index >= 15 is 0 Å². The minimum Gasteiger partial charge on any atom is -0.504 e. The van der Waals surface area contributed by atoms with Gasteiger partial charge in [0.15, 0.2) is 11.5 Å². The molecule has 0 heterocycles. The van der Waals surface area contributed by atoms with Crippen LogP contribution in [0.4, 0.5) is 0 Å². The highest BCUT2D eigenvalue weighted by Crippen LogP contribution is 2.36. The zero-order valence-corrected chi connectivity index (χ0v) is 10.6. The molecule has 18 heavy (non-hydrogen) atoms. The number of esters is 1. The minimum absolute atomic E-state index is 0.0313. The fourth-order valence-electron chi connectivity index (χ4n) is 2.57. The lowest BCUT2D eigenvalue weighted by molar-refractivity contribution is -0.132. The number of carbonyl (C=O) groups is 1. The molecular weight excluding hydrogens is 230 g/mol. The second-order valence-electron chi connectivity index (χ2n) is 4.89. The highest BCUT2D eigenvalue weighted by molar-refractivity contribution is 5.70. The van der Waals surface area contributed by atoms with Gasteiger partial charge < -0.3 is 15.6 Å². The number of aromatic hydroxyl groups is 1. The van der Waals surface area contributed by atoms with Crippen molar-refractivity contribution in [1.82, 2.24) is 0 Å². The Morgan fingerprint density at radius 1 is 1.44 bits per heavy atom. The number of phenols is 1. The van der Waals surface area contributed by atoms with Crippen LogP contribution in [-0.4, -0.2) is 11.1 Å². The maximum atomic E-state index is 10.8. The van der Waals surface area contributed by atoms with Gasteiger partial charge in [-0.05, 0) is 36.5 Å². The molecule has 0 unspecified atom stereocenters. The van der Waals surface area contributed by atoms with Crippen LogP contribution in [0.3, 0.4) is 0 Å². The summed E-state index contributed by atoms with van der Waals surface area (Å²) in [5.41, 5.74) is 7.10. The lowest BCUT2D eigenvalue weighted by atomic mass is 9.92. The van der Waals surface area contributed by atoms with E-state index in [4.69, 9.17) is 10.5 Å². The van der Waals surface area contributed by atoms with Crippen LogP contribution < -0.4 is 10.5 Å². The molecule has 1 saturated carbocycles. The Morgan fingerprint density at radius 3 is 2.67 bits per heavy atom. The van der Waals surface area contributed by atoms with Crippen molar-refractivity contribution >= 4 is 5.97 Å². The van der Waals surface area contributed by atoms with Gasteiger partial charge in [-0.2, -0.15) is 0 Å². The van der Waals surface area contributed by atoms with Crippen LogP contribution in [0.1, 0.15) is 44.2 Å². The van der Waals surface area contributed by atoms with Crippen LogP contribution in [-0.2, 0) is 4.79 Å². The van der Waals surface area contributed by atoms with Gasteiger partial charge in [0.05, 0.1) is 0 Å². The zero-order chi connectivity index (χ0) is 13.1. The van der Waals surface area contributed by atoms with Crippen LogP contribution in [0.25, 0.3) is 0 Å². The van der Waals surface area contributed by atoms with Crippen LogP contribution in [0, 0.1) is 5.92 Å². The fraction of sp³-hybridized carbons (Fsp3) is 0.500. The number of ether oxygens (including phenoxy) is 1. The van der Waals surface area contributed by atoms with E-state index in [0.29, 0.717) is 5.92 Å². The predicted octanol–water partition coefficient (Wildman–Crippen LogP) is 2.51. The smallest absolute Gasteiger partial charge is 0.308 e. The van der Waals surface area contributed by atoms with Crippen molar-refractivity contribution < 1.29 is 14.6 Å². The summed E-state index contributed by atoms with van der Waals surface area (Å²) in [6.07, 6.45) is 4.76. The molecule has 0 saturated heterocycles. The third kappa shape index (κ3) is 2.82. The summed E-state index contributed by atoms with van der Waals surface area (Å²) in [5.74, 6) is 0.197. The summed E-state index contributed by atoms with van der Waals surface area (Å²) in [6.45, 7) is 1.30. The molecule has 1 fully saturated rings. The van der Waals surface area contributed by atoms with Crippen molar-refractivity contribution in [1.29, 1.82) is 0 Å². The molecule has 0 spiro atoms. The Morgan fingerprint density at radius 2 is 2.11 bits per heavy atom. The maximum Gasteiger partial charge on any atom is 0.308 e. The number of hydrogen-bond acceptors (Lipinski definition) is 4. The van der Waals surface area contributed by atoms with E-state index in [-0.39, 0.29) is 17.5 Å². The van der Waals surface area contributed by atoms with Crippen molar-refractivity contribution in [2.75, 3.05) is 0 Å². The van der Waals surface area contributed by atoms with Gasteiger partial charge in [-0.3, -0.25) is 4.79 Å². The number of benzene rings is 1. The van der Waals surface area contributed by atoms with Crippen molar-refractivity contribution in [3.8, 4) is 11.5 Å². The first-order valence-electron chi connectivity index (χ1n) is 6.35. The van der Waals surface area contributed by atoms with E-state index in [1.807, 2.05) is 6.07 Å². The molecule has 1 atom stereocenters. The second-order valence-corrected chi connectivity index (χ2v) is 4.89. The molecule has 1 aromatic carbocycles. The van der Waals surface area contributed by atoms with Crippen LogP contribution >= 0.6 is 0 Å². The summed E-state index contributed by atoms with van der Waals surface area (Å²) in [6, 6.07) is 4.97. The molecular formula is C14H19NO3. The molecule has 0 amide bonds. The van der Waals surface area contributed by atoms with E-state index in [1.165, 1.54) is 19.8 Å². The molecule has 0 radical (unpaired) electrons. The lowest BCUT2D eigenvalue weighted by Gasteiger charge is -2.19. The summed E-state index contributed by atoms with van der Waals surface area (Å²) < 4.78 is 4.88. The molecule has 1 aromatic rings. The summed E-state index contributed by atoms with van der Waals surface area (Å²) >= 11 is 0. The predicted molar refractivity (Wildman–Crippen MR) is 68.3 cm³/mol. The molecule has 4 heteroatoms. The van der Waals surface area contributed by atoms with E-state index in [1.54, 1.807) is 12.1 Å². The average molecular weight is 249 g/mol. The third-order valence-corrected chi connectivity index (χ3v) is 3.53. The van der Waals surface area contributed by atoms with Crippen LogP contribution in [0.5, 0.6) is 11.5 Å². The van der Waals surface area contributed by atoms with Gasteiger partial charge in [0, 0.05) is 13.0 Å². The first-order valence-corrected chi connectivity index (χ1v) is 6.35. The minimum atomic E-state index is -0.446. The van der Waals surface area contributed by atoms with Crippen molar-refractivity contribution in [2.24, 2.45) is 11.7 Å². The summed E-state index contributed by atoms with van der Waals surface area (Å²) in [7, 11) is 0. The van der Waals surface area contributed by atoms with E-state index in [0.717, 1.165) is 18.4 Å². The normalized spacial score (nSPS) is 17.7. The quantitative estimate of drug-likeness (QED) is 0.637. The standard InChI is InChI=1S/C14H19NO3/c1-9(16)18-13-7-6-11(8-12(13)17)14(15)10-4-2-3-5-10/h6-8,10,14,17H,2-5,15H2,1H3/t14-/m0/s1. The molecule has 2 rings (SSSR count). The van der Waals surface area contributed by atoms with Gasteiger partial charge in [-0.15, -0.1) is 0 Å². The Bertz CT molecular complexity index is 439. The third-order valence-electron chi connectivity index (χ3n) is 3.53. The van der Waals surface area contributed by atoms with Gasteiger partial charge in [0.25, 0.3) is 0 Å². The first-order chi connectivity index (χ1) is 8.58. The number of hydrogen-bond donors (Lipinski definition) is 2. The maximum absolute atomic E-state index is 10.8. The monoisotopic (exact) mass is 249 g/mol. The molecule has 3 N–H and O–H groups in total. The highest BCUT2D eigenvalue weighted by atomic mass is 16.5. The van der Waals surface area contributed by atoms with Gasteiger partial charge in [0.2, 0.25) is 0 Å². The SMILES string of the molecule is CC(=O)Oc1ccc([C@@H](N)C2CCCC2)cc1O. The first kappa shape index (κ1) is 12.9. The Hall–Kier alpha value is -1.55. The Labute approximate surface area is 107 Å². The second kappa shape index (κ2) is 5.40. The molecule has 0 aromatic heterocycles. The van der Waals surface area contributed by atoms with Crippen LogP contribution in [0.2, 0.25) is 0 Å². The van der Waals surface area contributed by atoms with Crippen molar-refractivity contribution in [3.05, 3.63) is 23.8 Å². The number of phenolic OH excluding ortho intramolecular Hbond substituents is 1. The van der Waals surface area contributed by atoms with Gasteiger partial charge in [-0.25, -0.2) is 0 Å². The van der Waals surface area contributed by atoms with E-state index in [9.17, 15) is 9.90 Å². The average Bonchev–Trinajstić information content (AvgIpc) is 2.84. The zero-order valence-electron chi connectivity index (χ0n) is 10.6. The summed E-state index contributed by atoms with van der Waals surface area (Å²) in [5, 5.41) is 9.80. The Kier molecular flexibility index (Phi) is 3.87. The molecule has 1 aliphatic carbocycles. The van der Waals surface area contributed by atoms with Gasteiger partial charge in [0.1, 0.15) is 0 Å².